The van der Waals surface area contributed by atoms with Crippen LogP contribution < -0.4 is 0 Å². The first-order valence-electron chi connectivity index (χ1n) is 3.60. The highest BCUT2D eigenvalue weighted by Gasteiger charge is 2.29. The molecular weight excluding hydrogens is 147 g/mol. The molecule has 3 heteroatoms. The van der Waals surface area contributed by atoms with E-state index in [0.717, 1.165) is 0 Å². The topological polar surface area (TPSA) is 26.3 Å². The van der Waals surface area contributed by atoms with Crippen LogP contribution >= 0.6 is 7.37 Å². The molecule has 0 aliphatic rings. The average Bonchev–Trinajstić information content (AvgIpc) is 1.85. The van der Waals surface area contributed by atoms with E-state index in [0.29, 0.717) is 0 Å². The summed E-state index contributed by atoms with van der Waals surface area (Å²) in [6.07, 6.45) is 0. The van der Waals surface area contributed by atoms with E-state index in [1.165, 1.54) is 7.11 Å². The Kier molecular flexibility index (Phi) is 3.61. The molecule has 0 saturated heterocycles. The molecule has 0 saturated carbocycles. The van der Waals surface area contributed by atoms with Crippen LogP contribution in [0, 0.1) is 0 Å². The molecule has 0 rings (SSSR count). The van der Waals surface area contributed by atoms with Crippen molar-refractivity contribution >= 4 is 7.37 Å². The highest BCUT2D eigenvalue weighted by atomic mass is 31.2. The van der Waals surface area contributed by atoms with E-state index in [1.807, 2.05) is 27.7 Å². The summed E-state index contributed by atoms with van der Waals surface area (Å²) in [6, 6.07) is 0. The van der Waals surface area contributed by atoms with Crippen molar-refractivity contribution < 1.29 is 9.09 Å². The van der Waals surface area contributed by atoms with Crippen molar-refractivity contribution in [3.05, 3.63) is 0 Å². The van der Waals surface area contributed by atoms with Crippen LogP contribution in [0.25, 0.3) is 0 Å². The third-order valence-electron chi connectivity index (χ3n) is 1.72. The minimum Gasteiger partial charge on any atom is -0.331 e. The molecule has 62 valence electrons. The summed E-state index contributed by atoms with van der Waals surface area (Å²) in [4.78, 5) is 0. The van der Waals surface area contributed by atoms with Crippen LogP contribution in [0.5, 0.6) is 0 Å². The minimum absolute atomic E-state index is 0.137. The van der Waals surface area contributed by atoms with E-state index in [-0.39, 0.29) is 11.3 Å². The van der Waals surface area contributed by atoms with Crippen molar-refractivity contribution in [2.45, 2.75) is 39.0 Å². The van der Waals surface area contributed by atoms with Crippen molar-refractivity contribution in [3.63, 3.8) is 0 Å². The predicted molar refractivity (Wildman–Crippen MR) is 44.9 cm³/mol. The number of hydrogen-bond donors (Lipinski definition) is 0. The minimum atomic E-state index is -2.34. The zero-order valence-electron chi connectivity index (χ0n) is 7.42. The smallest absolute Gasteiger partial charge is 0.207 e. The molecule has 0 aromatic heterocycles. The molecule has 0 bridgehead atoms. The Hall–Kier alpha value is 0.190. The number of hydrogen-bond acceptors (Lipinski definition) is 2. The van der Waals surface area contributed by atoms with Crippen LogP contribution in [0.4, 0.5) is 0 Å². The third kappa shape index (κ3) is 1.83. The molecule has 10 heavy (non-hydrogen) atoms. The highest BCUT2D eigenvalue weighted by molar-refractivity contribution is 7.60. The molecule has 0 aromatic rings. The maximum atomic E-state index is 11.8. The quantitative estimate of drug-likeness (QED) is 0.599. The molecule has 0 amide bonds. The van der Waals surface area contributed by atoms with E-state index in [1.54, 1.807) is 0 Å². The lowest BCUT2D eigenvalue weighted by Gasteiger charge is -2.23. The Morgan fingerprint density at radius 2 is 1.40 bits per heavy atom. The molecular formula is C7H17O2P. The maximum Gasteiger partial charge on any atom is 0.207 e. The van der Waals surface area contributed by atoms with Crippen molar-refractivity contribution in [1.82, 2.24) is 0 Å². The first kappa shape index (κ1) is 10.2. The normalized spacial score (nSPS) is 13.1. The van der Waals surface area contributed by atoms with Gasteiger partial charge < -0.3 is 4.52 Å². The van der Waals surface area contributed by atoms with Crippen molar-refractivity contribution in [3.8, 4) is 0 Å². The first-order chi connectivity index (χ1) is 4.45. The largest absolute Gasteiger partial charge is 0.331 e. The molecule has 0 heterocycles. The standard InChI is InChI=1S/C7H17O2P/c1-6(2)10(8,9-5)7(3)4/h6-7H,1-5H3. The average molecular weight is 164 g/mol. The highest BCUT2D eigenvalue weighted by Crippen LogP contribution is 2.54. The van der Waals surface area contributed by atoms with Gasteiger partial charge in [0.15, 0.2) is 0 Å². The molecule has 0 radical (unpaired) electrons. The Morgan fingerprint density at radius 1 is 1.10 bits per heavy atom. The Bertz CT molecular complexity index is 129. The summed E-state index contributed by atoms with van der Waals surface area (Å²) >= 11 is 0. The Labute approximate surface area is 63.4 Å². The van der Waals surface area contributed by atoms with Crippen LogP contribution in [-0.4, -0.2) is 18.4 Å². The van der Waals surface area contributed by atoms with E-state index in [9.17, 15) is 4.57 Å². The van der Waals surface area contributed by atoms with Gasteiger partial charge in [0.1, 0.15) is 0 Å². The zero-order chi connectivity index (χ0) is 8.36. The number of rotatable bonds is 3. The molecule has 0 fully saturated rings. The SMILES string of the molecule is COP(=O)(C(C)C)C(C)C. The van der Waals surface area contributed by atoms with Crippen LogP contribution in [-0.2, 0) is 9.09 Å². The van der Waals surface area contributed by atoms with Crippen LogP contribution in [0.2, 0.25) is 0 Å². The second-order valence-corrected chi connectivity index (χ2v) is 6.74. The molecule has 0 aliphatic carbocycles. The third-order valence-corrected chi connectivity index (χ3v) is 5.17. The fourth-order valence-electron chi connectivity index (χ4n) is 1.02. The van der Waals surface area contributed by atoms with Crippen LogP contribution in [0.15, 0.2) is 0 Å². The first-order valence-corrected chi connectivity index (χ1v) is 5.36. The predicted octanol–water partition coefficient (Wildman–Crippen LogP) is 2.73. The second kappa shape index (κ2) is 3.54. The Morgan fingerprint density at radius 3 is 1.40 bits per heavy atom. The van der Waals surface area contributed by atoms with E-state index >= 15 is 0 Å². The molecule has 0 N–H and O–H groups in total. The molecule has 2 nitrogen and oxygen atoms in total. The van der Waals surface area contributed by atoms with Gasteiger partial charge in [-0.3, -0.25) is 4.57 Å². The van der Waals surface area contributed by atoms with Crippen molar-refractivity contribution in [2.24, 2.45) is 0 Å². The van der Waals surface area contributed by atoms with Gasteiger partial charge in [0.25, 0.3) is 0 Å². The van der Waals surface area contributed by atoms with E-state index < -0.39 is 7.37 Å². The van der Waals surface area contributed by atoms with Gasteiger partial charge in [0, 0.05) is 18.4 Å². The zero-order valence-corrected chi connectivity index (χ0v) is 8.31. The van der Waals surface area contributed by atoms with Gasteiger partial charge in [-0.1, -0.05) is 27.7 Å². The van der Waals surface area contributed by atoms with E-state index in [4.69, 9.17) is 4.52 Å². The second-order valence-electron chi connectivity index (χ2n) is 3.02. The molecule has 0 aliphatic heterocycles. The van der Waals surface area contributed by atoms with Crippen molar-refractivity contribution in [1.29, 1.82) is 0 Å². The fraction of sp³-hybridized carbons (Fsp3) is 1.00. The maximum absolute atomic E-state index is 11.8. The van der Waals surface area contributed by atoms with Gasteiger partial charge in [0.05, 0.1) is 0 Å². The summed E-state index contributed by atoms with van der Waals surface area (Å²) in [5.74, 6) is 0. The summed E-state index contributed by atoms with van der Waals surface area (Å²) in [5.41, 5.74) is 0.273. The monoisotopic (exact) mass is 164 g/mol. The lowest BCUT2D eigenvalue weighted by molar-refractivity contribution is 0.379. The molecule has 0 aromatic carbocycles. The lowest BCUT2D eigenvalue weighted by atomic mass is 10.5. The van der Waals surface area contributed by atoms with Gasteiger partial charge >= 0.3 is 0 Å². The molecule has 0 spiro atoms. The summed E-state index contributed by atoms with van der Waals surface area (Å²) in [5, 5.41) is 0. The Balaban J connectivity index is 4.40. The fourth-order valence-corrected chi connectivity index (χ4v) is 3.05. The molecule has 0 unspecified atom stereocenters. The van der Waals surface area contributed by atoms with Crippen LogP contribution in [0.3, 0.4) is 0 Å². The summed E-state index contributed by atoms with van der Waals surface area (Å²) in [7, 11) is -0.816. The van der Waals surface area contributed by atoms with E-state index in [2.05, 4.69) is 0 Å². The van der Waals surface area contributed by atoms with Gasteiger partial charge in [-0.2, -0.15) is 0 Å². The summed E-state index contributed by atoms with van der Waals surface area (Å²) < 4.78 is 16.8. The van der Waals surface area contributed by atoms with Gasteiger partial charge in [-0.15, -0.1) is 0 Å². The summed E-state index contributed by atoms with van der Waals surface area (Å²) in [6.45, 7) is 7.74. The molecule has 0 atom stereocenters. The van der Waals surface area contributed by atoms with Gasteiger partial charge in [-0.25, -0.2) is 0 Å². The van der Waals surface area contributed by atoms with Gasteiger partial charge in [-0.05, 0) is 0 Å². The van der Waals surface area contributed by atoms with Crippen molar-refractivity contribution in [2.75, 3.05) is 7.11 Å². The van der Waals surface area contributed by atoms with Gasteiger partial charge in [0.2, 0.25) is 7.37 Å². The lowest BCUT2D eigenvalue weighted by Crippen LogP contribution is -2.09. The van der Waals surface area contributed by atoms with Crippen LogP contribution in [0.1, 0.15) is 27.7 Å².